The number of phenolic OH excluding ortho intramolecular Hbond substituents is 1. The van der Waals surface area contributed by atoms with Gasteiger partial charge in [-0.05, 0) is 52.5 Å². The maximum atomic E-state index is 10.9. The Morgan fingerprint density at radius 2 is 2.20 bits per heavy atom. The quantitative estimate of drug-likeness (QED) is 0.697. The average molecular weight is 340 g/mol. The third kappa shape index (κ3) is 3.33. The molecule has 3 nitrogen and oxygen atoms in total. The van der Waals surface area contributed by atoms with Gasteiger partial charge in [0.1, 0.15) is 11.4 Å². The van der Waals surface area contributed by atoms with Crippen molar-refractivity contribution in [2.24, 2.45) is 0 Å². The number of hydrogen-bond donors (Lipinski definition) is 1. The van der Waals surface area contributed by atoms with E-state index in [1.54, 1.807) is 13.2 Å². The zero-order valence-corrected chi connectivity index (χ0v) is 15.7. The summed E-state index contributed by atoms with van der Waals surface area (Å²) in [6, 6.07) is 1.80. The predicted octanol–water partition coefficient (Wildman–Crippen LogP) is 5.75. The van der Waals surface area contributed by atoms with Gasteiger partial charge < -0.3 is 14.6 Å². The highest BCUT2D eigenvalue weighted by Gasteiger charge is 2.32. The van der Waals surface area contributed by atoms with E-state index in [-0.39, 0.29) is 17.3 Å². The molecule has 0 unspecified atom stereocenters. The highest BCUT2D eigenvalue weighted by Crippen LogP contribution is 2.49. The van der Waals surface area contributed by atoms with Gasteiger partial charge in [-0.15, -0.1) is 0 Å². The second kappa shape index (κ2) is 6.62. The molecule has 1 aliphatic carbocycles. The summed E-state index contributed by atoms with van der Waals surface area (Å²) in [5.41, 5.74) is 3.89. The highest BCUT2D eigenvalue weighted by atomic mass is 16.5. The van der Waals surface area contributed by atoms with Crippen LogP contribution in [0, 0.1) is 0 Å². The molecule has 3 heteroatoms. The molecule has 1 N–H and O–H groups in total. The first-order chi connectivity index (χ1) is 11.8. The zero-order valence-electron chi connectivity index (χ0n) is 15.7. The lowest BCUT2D eigenvalue weighted by Crippen LogP contribution is -2.32. The first-order valence-electron chi connectivity index (χ1n) is 8.98. The summed E-state index contributed by atoms with van der Waals surface area (Å²) in [6.07, 6.45) is 10.3. The van der Waals surface area contributed by atoms with E-state index in [1.165, 1.54) is 5.57 Å². The van der Waals surface area contributed by atoms with Gasteiger partial charge in [0.05, 0.1) is 7.11 Å². The number of benzene rings is 1. The third-order valence-electron chi connectivity index (χ3n) is 5.38. The predicted molar refractivity (Wildman–Crippen MR) is 103 cm³/mol. The van der Waals surface area contributed by atoms with E-state index in [1.807, 2.05) is 6.92 Å². The Bertz CT molecular complexity index is 757. The molecule has 0 fully saturated rings. The summed E-state index contributed by atoms with van der Waals surface area (Å²) in [5.74, 6) is 1.50. The lowest BCUT2D eigenvalue weighted by molar-refractivity contribution is 0.127. The van der Waals surface area contributed by atoms with Crippen molar-refractivity contribution in [3.63, 3.8) is 0 Å². The van der Waals surface area contributed by atoms with E-state index >= 15 is 0 Å². The van der Waals surface area contributed by atoms with Crippen LogP contribution in [0.1, 0.15) is 63.5 Å². The molecule has 0 aromatic heterocycles. The van der Waals surface area contributed by atoms with Crippen molar-refractivity contribution < 1.29 is 14.6 Å². The molecule has 1 aromatic carbocycles. The van der Waals surface area contributed by atoms with Crippen molar-refractivity contribution in [1.29, 1.82) is 0 Å². The lowest BCUT2D eigenvalue weighted by Gasteiger charge is -2.34. The number of methoxy groups -OCH3 is 1. The zero-order chi connectivity index (χ0) is 18.2. The van der Waals surface area contributed by atoms with E-state index in [0.717, 1.165) is 48.1 Å². The molecule has 4 rings (SSSR count). The molecular weight excluding hydrogens is 312 g/mol. The van der Waals surface area contributed by atoms with Crippen molar-refractivity contribution in [3.8, 4) is 17.2 Å². The minimum atomic E-state index is -0.346. The number of phenols is 1. The maximum absolute atomic E-state index is 10.9. The summed E-state index contributed by atoms with van der Waals surface area (Å²) in [7, 11) is 1.58. The highest BCUT2D eigenvalue weighted by molar-refractivity contribution is 5.72. The van der Waals surface area contributed by atoms with Crippen LogP contribution in [0.15, 0.2) is 35.9 Å². The van der Waals surface area contributed by atoms with Crippen LogP contribution >= 0.6 is 0 Å². The minimum absolute atomic E-state index is 0.0595. The molecule has 0 radical (unpaired) electrons. The number of fused-ring (bicyclic) bond motifs is 5. The monoisotopic (exact) mass is 340 g/mol. The van der Waals surface area contributed by atoms with Crippen LogP contribution in [0.5, 0.6) is 17.2 Å². The largest absolute Gasteiger partial charge is 0.504 e. The molecule has 4 bridgehead atoms. The molecule has 0 saturated heterocycles. The standard InChI is InChI=1S/C22H28O3/c1-14(2)16-9-8-15(3)7-6-11-22(4)12-10-17-18(25-22)13-19(24-5)21(23)20(16)17/h7,10,12-13,16,23H,1,6,8-9,11H2,2-5H3/b15-7+/t16-,22+/m0/s1. The minimum Gasteiger partial charge on any atom is -0.504 e. The Balaban J connectivity index is 2.24. The number of rotatable bonds is 2. The van der Waals surface area contributed by atoms with Gasteiger partial charge in [-0.1, -0.05) is 29.9 Å². The van der Waals surface area contributed by atoms with E-state index in [4.69, 9.17) is 9.47 Å². The van der Waals surface area contributed by atoms with Crippen LogP contribution in [0.25, 0.3) is 6.08 Å². The van der Waals surface area contributed by atoms with Gasteiger partial charge in [0.25, 0.3) is 0 Å². The lowest BCUT2D eigenvalue weighted by atomic mass is 9.81. The summed E-state index contributed by atoms with van der Waals surface area (Å²) in [4.78, 5) is 0. The van der Waals surface area contributed by atoms with Gasteiger partial charge in [-0.25, -0.2) is 0 Å². The molecule has 3 aliphatic rings. The van der Waals surface area contributed by atoms with Crippen LogP contribution < -0.4 is 9.47 Å². The van der Waals surface area contributed by atoms with Crippen LogP contribution in [-0.4, -0.2) is 17.8 Å². The maximum Gasteiger partial charge on any atom is 0.164 e. The van der Waals surface area contributed by atoms with Crippen LogP contribution in [0.3, 0.4) is 0 Å². The van der Waals surface area contributed by atoms with E-state index in [2.05, 4.69) is 38.7 Å². The van der Waals surface area contributed by atoms with Crippen LogP contribution in [0.2, 0.25) is 0 Å². The van der Waals surface area contributed by atoms with E-state index in [9.17, 15) is 5.11 Å². The number of allylic oxidation sites excluding steroid dienone is 3. The van der Waals surface area contributed by atoms with Crippen LogP contribution in [0.4, 0.5) is 0 Å². The van der Waals surface area contributed by atoms with E-state index < -0.39 is 0 Å². The molecule has 2 heterocycles. The third-order valence-corrected chi connectivity index (χ3v) is 5.38. The normalized spacial score (nSPS) is 27.5. The average Bonchev–Trinajstić information content (AvgIpc) is 2.55. The summed E-state index contributed by atoms with van der Waals surface area (Å²) in [6.45, 7) is 10.5. The van der Waals surface area contributed by atoms with Crippen molar-refractivity contribution >= 4 is 6.08 Å². The topological polar surface area (TPSA) is 38.7 Å². The van der Waals surface area contributed by atoms with Gasteiger partial charge in [0.15, 0.2) is 11.5 Å². The van der Waals surface area contributed by atoms with Gasteiger partial charge >= 0.3 is 0 Å². The Hall–Kier alpha value is -2.16. The first-order valence-corrected chi connectivity index (χ1v) is 8.98. The van der Waals surface area contributed by atoms with Crippen molar-refractivity contribution in [2.45, 2.75) is 58.0 Å². The SMILES string of the molecule is C=C(C)[C@@H]1CC/C(C)=C/CC[C@]2(C)C=Cc3c(cc(OC)c(O)c31)O2. The molecule has 0 spiro atoms. The first kappa shape index (κ1) is 17.7. The number of ether oxygens (including phenoxy) is 2. The fourth-order valence-corrected chi connectivity index (χ4v) is 3.82. The second-order valence-electron chi connectivity index (χ2n) is 7.53. The Morgan fingerprint density at radius 1 is 1.44 bits per heavy atom. The van der Waals surface area contributed by atoms with Crippen molar-refractivity contribution in [1.82, 2.24) is 0 Å². The molecule has 1 aromatic rings. The van der Waals surface area contributed by atoms with E-state index in [0.29, 0.717) is 5.75 Å². The number of aromatic hydroxyl groups is 1. The fraction of sp³-hybridized carbons (Fsp3) is 0.455. The molecule has 0 amide bonds. The van der Waals surface area contributed by atoms with Gasteiger partial charge in [-0.3, -0.25) is 0 Å². The van der Waals surface area contributed by atoms with Crippen molar-refractivity contribution in [3.05, 3.63) is 47.1 Å². The number of hydrogen-bond acceptors (Lipinski definition) is 3. The molecule has 0 saturated carbocycles. The second-order valence-corrected chi connectivity index (χ2v) is 7.53. The smallest absolute Gasteiger partial charge is 0.164 e. The van der Waals surface area contributed by atoms with Gasteiger partial charge in [0, 0.05) is 23.1 Å². The van der Waals surface area contributed by atoms with Gasteiger partial charge in [0.2, 0.25) is 0 Å². The Kier molecular flexibility index (Phi) is 4.68. The Morgan fingerprint density at radius 3 is 2.88 bits per heavy atom. The molecule has 134 valence electrons. The molecular formula is C22H28O3. The summed E-state index contributed by atoms with van der Waals surface area (Å²) >= 11 is 0. The van der Waals surface area contributed by atoms with Crippen LogP contribution in [-0.2, 0) is 0 Å². The summed E-state index contributed by atoms with van der Waals surface area (Å²) in [5, 5.41) is 10.9. The van der Waals surface area contributed by atoms with Crippen molar-refractivity contribution in [2.75, 3.05) is 7.11 Å². The van der Waals surface area contributed by atoms with Gasteiger partial charge in [-0.2, -0.15) is 0 Å². The summed E-state index contributed by atoms with van der Waals surface area (Å²) < 4.78 is 11.8. The molecule has 2 atom stereocenters. The Labute approximate surface area is 150 Å². The molecule has 25 heavy (non-hydrogen) atoms. The molecule has 2 aliphatic heterocycles. The fourth-order valence-electron chi connectivity index (χ4n) is 3.82.